The van der Waals surface area contributed by atoms with E-state index in [1.165, 1.54) is 0 Å². The van der Waals surface area contributed by atoms with Crippen molar-refractivity contribution in [3.63, 3.8) is 0 Å². The van der Waals surface area contributed by atoms with Gasteiger partial charge in [-0.3, -0.25) is 4.90 Å². The summed E-state index contributed by atoms with van der Waals surface area (Å²) in [5, 5.41) is 1.27. The van der Waals surface area contributed by atoms with E-state index in [9.17, 15) is 4.79 Å². The zero-order valence-electron chi connectivity index (χ0n) is 12.6. The van der Waals surface area contributed by atoms with E-state index in [-0.39, 0.29) is 6.09 Å². The van der Waals surface area contributed by atoms with Gasteiger partial charge in [-0.1, -0.05) is 35.3 Å². The molecule has 0 atom stereocenters. The van der Waals surface area contributed by atoms with E-state index in [0.29, 0.717) is 29.7 Å². The third-order valence-corrected chi connectivity index (χ3v) is 4.46. The summed E-state index contributed by atoms with van der Waals surface area (Å²) in [6.45, 7) is 1.37. The average Bonchev–Trinajstić information content (AvgIpc) is 3.13. The molecule has 5 nitrogen and oxygen atoms in total. The molecule has 24 heavy (non-hydrogen) atoms. The van der Waals surface area contributed by atoms with Crippen LogP contribution < -0.4 is 0 Å². The van der Waals surface area contributed by atoms with E-state index in [1.807, 2.05) is 34.7 Å². The van der Waals surface area contributed by atoms with Gasteiger partial charge in [0.15, 0.2) is 0 Å². The molecule has 1 aliphatic heterocycles. The number of rotatable bonds is 3. The van der Waals surface area contributed by atoms with Gasteiger partial charge in [0.1, 0.15) is 12.3 Å². The first kappa shape index (κ1) is 15.3. The molecule has 1 aromatic carbocycles. The topological polar surface area (TPSA) is 46.8 Å². The minimum atomic E-state index is -0.311. The molecule has 0 aliphatic carbocycles. The molecule has 122 valence electrons. The van der Waals surface area contributed by atoms with Crippen molar-refractivity contribution in [1.82, 2.24) is 14.3 Å². The molecule has 4 rings (SSSR count). The third-order valence-electron chi connectivity index (χ3n) is 3.98. The molecular formula is C17H13Cl2N3O2. The van der Waals surface area contributed by atoms with Gasteiger partial charge in [0.05, 0.1) is 29.5 Å². The van der Waals surface area contributed by atoms with E-state index >= 15 is 0 Å². The van der Waals surface area contributed by atoms with Gasteiger partial charge in [0.25, 0.3) is 0 Å². The summed E-state index contributed by atoms with van der Waals surface area (Å²) in [4.78, 5) is 18.2. The molecule has 0 spiro atoms. The normalized spacial score (nSPS) is 14.4. The molecule has 0 N–H and O–H groups in total. The highest BCUT2D eigenvalue weighted by Gasteiger charge is 2.25. The van der Waals surface area contributed by atoms with Gasteiger partial charge in [-0.25, -0.2) is 9.78 Å². The smallest absolute Gasteiger partial charge is 0.410 e. The van der Waals surface area contributed by atoms with E-state index in [4.69, 9.17) is 32.9 Å². The van der Waals surface area contributed by atoms with Crippen LogP contribution >= 0.6 is 23.2 Å². The lowest BCUT2D eigenvalue weighted by atomic mass is 10.1. The van der Waals surface area contributed by atoms with Crippen molar-refractivity contribution < 1.29 is 9.53 Å². The maximum Gasteiger partial charge on any atom is 0.410 e. The monoisotopic (exact) mass is 361 g/mol. The molecule has 0 radical (unpaired) electrons. The van der Waals surface area contributed by atoms with Gasteiger partial charge < -0.3 is 9.14 Å². The maximum atomic E-state index is 11.8. The van der Waals surface area contributed by atoms with Crippen molar-refractivity contribution in [3.05, 3.63) is 58.3 Å². The lowest BCUT2D eigenvalue weighted by Gasteiger charge is -2.14. The standard InChI is InChI=1S/C17H13Cl2N3O2/c18-12-3-1-11(2-4-12)16-14(10-21-7-8-24-17(21)23)22-9-13(19)5-6-15(22)20-16/h1-6,9H,7-8,10H2. The number of pyridine rings is 1. The zero-order valence-corrected chi connectivity index (χ0v) is 14.1. The molecule has 0 saturated carbocycles. The average molecular weight is 362 g/mol. The number of carbonyl (C=O) groups excluding carboxylic acids is 1. The molecule has 1 saturated heterocycles. The fourth-order valence-electron chi connectivity index (χ4n) is 2.81. The van der Waals surface area contributed by atoms with Crippen LogP contribution in [0.5, 0.6) is 0 Å². The second-order valence-corrected chi connectivity index (χ2v) is 6.40. The number of aromatic nitrogens is 2. The summed E-state index contributed by atoms with van der Waals surface area (Å²) < 4.78 is 6.94. The first-order valence-corrected chi connectivity index (χ1v) is 8.21. The minimum Gasteiger partial charge on any atom is -0.448 e. The quantitative estimate of drug-likeness (QED) is 0.700. The van der Waals surface area contributed by atoms with Crippen LogP contribution in [-0.2, 0) is 11.3 Å². The van der Waals surface area contributed by atoms with Crippen molar-refractivity contribution in [3.8, 4) is 11.3 Å². The first-order valence-electron chi connectivity index (χ1n) is 7.46. The van der Waals surface area contributed by atoms with Gasteiger partial charge in [-0.2, -0.15) is 0 Å². The van der Waals surface area contributed by atoms with Crippen LogP contribution in [0.2, 0.25) is 10.0 Å². The Morgan fingerprint density at radius 1 is 1.08 bits per heavy atom. The van der Waals surface area contributed by atoms with Crippen LogP contribution in [-0.4, -0.2) is 33.5 Å². The lowest BCUT2D eigenvalue weighted by Crippen LogP contribution is -2.24. The van der Waals surface area contributed by atoms with Crippen LogP contribution in [0.25, 0.3) is 16.9 Å². The van der Waals surface area contributed by atoms with Crippen LogP contribution in [0.15, 0.2) is 42.6 Å². The molecular weight excluding hydrogens is 349 g/mol. The number of imidazole rings is 1. The van der Waals surface area contributed by atoms with Crippen LogP contribution in [0.4, 0.5) is 4.79 Å². The minimum absolute atomic E-state index is 0.311. The largest absolute Gasteiger partial charge is 0.448 e. The number of hydrogen-bond donors (Lipinski definition) is 0. The predicted octanol–water partition coefficient (Wildman–Crippen LogP) is 4.26. The molecule has 0 unspecified atom stereocenters. The number of nitrogens with zero attached hydrogens (tertiary/aromatic N) is 3. The van der Waals surface area contributed by atoms with Gasteiger partial charge in [-0.15, -0.1) is 0 Å². The van der Waals surface area contributed by atoms with E-state index in [2.05, 4.69) is 0 Å². The summed E-state index contributed by atoms with van der Waals surface area (Å²) in [7, 11) is 0. The van der Waals surface area contributed by atoms with Gasteiger partial charge in [-0.05, 0) is 24.3 Å². The fraction of sp³-hybridized carbons (Fsp3) is 0.176. The van der Waals surface area contributed by atoms with Gasteiger partial charge in [0.2, 0.25) is 0 Å². The number of halogens is 2. The summed E-state index contributed by atoms with van der Waals surface area (Å²) >= 11 is 12.1. The Kier molecular flexibility index (Phi) is 3.82. The van der Waals surface area contributed by atoms with E-state index in [1.54, 1.807) is 17.2 Å². The Bertz CT molecular complexity index is 921. The molecule has 3 aromatic rings. The first-order chi connectivity index (χ1) is 11.6. The van der Waals surface area contributed by atoms with Crippen molar-refractivity contribution in [2.45, 2.75) is 6.54 Å². The van der Waals surface area contributed by atoms with Gasteiger partial charge >= 0.3 is 6.09 Å². The summed E-state index contributed by atoms with van der Waals surface area (Å²) in [6, 6.07) is 11.1. The number of cyclic esters (lactones) is 1. The molecule has 1 fully saturated rings. The Morgan fingerprint density at radius 2 is 1.83 bits per heavy atom. The number of benzene rings is 1. The highest BCUT2D eigenvalue weighted by atomic mass is 35.5. The van der Waals surface area contributed by atoms with Crippen LogP contribution in [0.1, 0.15) is 5.69 Å². The Hall–Kier alpha value is -2.24. The fourth-order valence-corrected chi connectivity index (χ4v) is 3.09. The Morgan fingerprint density at radius 3 is 2.54 bits per heavy atom. The van der Waals surface area contributed by atoms with E-state index in [0.717, 1.165) is 22.6 Å². The number of ether oxygens (including phenoxy) is 1. The summed E-state index contributed by atoms with van der Waals surface area (Å²) in [5.41, 5.74) is 3.39. The third kappa shape index (κ3) is 2.70. The number of fused-ring (bicyclic) bond motifs is 1. The summed E-state index contributed by atoms with van der Waals surface area (Å²) in [5.74, 6) is 0. The highest BCUT2D eigenvalue weighted by Crippen LogP contribution is 2.28. The Labute approximate surface area is 148 Å². The van der Waals surface area contributed by atoms with Crippen molar-refractivity contribution in [1.29, 1.82) is 0 Å². The number of carbonyl (C=O) groups is 1. The predicted molar refractivity (Wildman–Crippen MR) is 92.4 cm³/mol. The van der Waals surface area contributed by atoms with Crippen molar-refractivity contribution >= 4 is 34.9 Å². The number of hydrogen-bond acceptors (Lipinski definition) is 3. The molecule has 0 bridgehead atoms. The molecule has 1 amide bonds. The van der Waals surface area contributed by atoms with Crippen molar-refractivity contribution in [2.24, 2.45) is 0 Å². The highest BCUT2D eigenvalue weighted by molar-refractivity contribution is 6.30. The van der Waals surface area contributed by atoms with Gasteiger partial charge in [0, 0.05) is 16.8 Å². The van der Waals surface area contributed by atoms with Crippen molar-refractivity contribution in [2.75, 3.05) is 13.2 Å². The lowest BCUT2D eigenvalue weighted by molar-refractivity contribution is 0.157. The molecule has 7 heteroatoms. The zero-order chi connectivity index (χ0) is 16.7. The SMILES string of the molecule is O=C1OCCN1Cc1c(-c2ccc(Cl)cc2)nc2ccc(Cl)cn12. The molecule has 3 heterocycles. The maximum absolute atomic E-state index is 11.8. The second kappa shape index (κ2) is 6.00. The van der Waals surface area contributed by atoms with Crippen LogP contribution in [0, 0.1) is 0 Å². The molecule has 1 aliphatic rings. The summed E-state index contributed by atoms with van der Waals surface area (Å²) in [6.07, 6.45) is 1.49. The second-order valence-electron chi connectivity index (χ2n) is 5.53. The Balaban J connectivity index is 1.86. The van der Waals surface area contributed by atoms with E-state index < -0.39 is 0 Å². The molecule has 2 aromatic heterocycles. The van der Waals surface area contributed by atoms with Crippen LogP contribution in [0.3, 0.4) is 0 Å². The number of amides is 1.